The van der Waals surface area contributed by atoms with Crippen LogP contribution in [0.2, 0.25) is 5.02 Å². The Kier molecular flexibility index (Phi) is 5.45. The average Bonchev–Trinajstić information content (AvgIpc) is 2.58. The Bertz CT molecular complexity index is 897. The van der Waals surface area contributed by atoms with Crippen molar-refractivity contribution in [1.82, 2.24) is 0 Å². The number of carbonyl (C=O) groups excluding carboxylic acids is 2. The number of fused-ring (bicyclic) bond motifs is 1. The molecule has 1 aliphatic carbocycles. The summed E-state index contributed by atoms with van der Waals surface area (Å²) in [6.07, 6.45) is 1.12. The number of allylic oxidation sites excluding steroid dienone is 1. The molecule has 2 aliphatic rings. The number of benzene rings is 1. The smallest absolute Gasteiger partial charge is 0.227 e. The van der Waals surface area contributed by atoms with E-state index >= 15 is 0 Å². The number of hydrogen-bond acceptors (Lipinski definition) is 5. The van der Waals surface area contributed by atoms with Crippen molar-refractivity contribution in [2.75, 3.05) is 5.75 Å². The Morgan fingerprint density at radius 2 is 2.00 bits per heavy atom. The number of ketones is 1. The van der Waals surface area contributed by atoms with Crippen LogP contribution < -0.4 is 5.73 Å². The summed E-state index contributed by atoms with van der Waals surface area (Å²) in [6, 6.07) is 9.43. The number of thioether (sulfide) groups is 1. The molecule has 2 atom stereocenters. The van der Waals surface area contributed by atoms with Crippen molar-refractivity contribution in [2.24, 2.45) is 22.1 Å². The van der Waals surface area contributed by atoms with Gasteiger partial charge in [-0.2, -0.15) is 5.26 Å². The zero-order valence-electron chi connectivity index (χ0n) is 15.2. The molecule has 0 spiro atoms. The topological polar surface area (TPSA) is 96.3 Å². The molecule has 0 radical (unpaired) electrons. The van der Waals surface area contributed by atoms with E-state index in [0.29, 0.717) is 28.5 Å². The van der Waals surface area contributed by atoms with Crippen LogP contribution in [0.5, 0.6) is 0 Å². The number of Topliss-reactive ketones (excluding diaryl/α,β-unsaturated/α-hetero) is 1. The number of nitriles is 1. The lowest BCUT2D eigenvalue weighted by Crippen LogP contribution is -2.42. The predicted molar refractivity (Wildman–Crippen MR) is 107 cm³/mol. The van der Waals surface area contributed by atoms with Gasteiger partial charge in [-0.05, 0) is 29.5 Å². The van der Waals surface area contributed by atoms with Crippen molar-refractivity contribution in [3.8, 4) is 6.07 Å². The Balaban J connectivity index is 2.14. The highest BCUT2D eigenvalue weighted by Gasteiger charge is 2.46. The monoisotopic (exact) mass is 401 g/mol. The predicted octanol–water partition coefficient (Wildman–Crippen LogP) is 3.84. The van der Waals surface area contributed by atoms with E-state index in [0.717, 1.165) is 23.0 Å². The van der Waals surface area contributed by atoms with E-state index in [2.05, 4.69) is 11.1 Å². The van der Waals surface area contributed by atoms with Gasteiger partial charge in [0.15, 0.2) is 0 Å². The molecule has 27 heavy (non-hydrogen) atoms. The molecule has 1 amide bonds. The summed E-state index contributed by atoms with van der Waals surface area (Å²) in [7, 11) is 0. The molecule has 0 bridgehead atoms. The summed E-state index contributed by atoms with van der Waals surface area (Å²) in [5, 5.41) is 10.9. The van der Waals surface area contributed by atoms with Crippen LogP contribution >= 0.6 is 23.4 Å². The molecule has 3 rings (SSSR count). The van der Waals surface area contributed by atoms with Crippen LogP contribution in [0.3, 0.4) is 0 Å². The lowest BCUT2D eigenvalue weighted by atomic mass is 9.64. The molecule has 1 saturated carbocycles. The van der Waals surface area contributed by atoms with Gasteiger partial charge in [0.1, 0.15) is 10.8 Å². The Hall–Kier alpha value is -2.10. The molecule has 0 aromatic heterocycles. The van der Waals surface area contributed by atoms with Crippen molar-refractivity contribution < 1.29 is 9.59 Å². The van der Waals surface area contributed by atoms with E-state index in [1.165, 1.54) is 0 Å². The molecule has 1 unspecified atom stereocenters. The number of nitrogens with two attached hydrogens (primary N) is 1. The Morgan fingerprint density at radius 3 is 2.59 bits per heavy atom. The number of rotatable bonds is 4. The maximum atomic E-state index is 13.0. The van der Waals surface area contributed by atoms with Crippen molar-refractivity contribution in [2.45, 2.75) is 32.6 Å². The van der Waals surface area contributed by atoms with Crippen LogP contribution in [0.1, 0.15) is 38.2 Å². The summed E-state index contributed by atoms with van der Waals surface area (Å²) >= 11 is 7.17. The molecule has 1 aromatic carbocycles. The fourth-order valence-electron chi connectivity index (χ4n) is 3.80. The molecule has 1 aromatic rings. The average molecular weight is 402 g/mol. The van der Waals surface area contributed by atoms with Gasteiger partial charge in [0.25, 0.3) is 0 Å². The first-order valence-electron chi connectivity index (χ1n) is 8.63. The van der Waals surface area contributed by atoms with Crippen LogP contribution in [0.15, 0.2) is 39.9 Å². The minimum Gasteiger partial charge on any atom is -0.369 e. The number of amides is 1. The van der Waals surface area contributed by atoms with Crippen LogP contribution in [0.25, 0.3) is 0 Å². The maximum Gasteiger partial charge on any atom is 0.227 e. The standard InChI is InChI=1S/C20H20ClN3O2S/c1-20(2)7-14-18(15(25)8-20)17(11-3-5-12(21)6-4-11)13(9-22)19(24-14)27-10-16(23)26/h3-6,17-18H,7-8,10H2,1-2H3,(H2,23,26)/t17-,18?/m0/s1. The summed E-state index contributed by atoms with van der Waals surface area (Å²) < 4.78 is 0. The molecule has 1 aliphatic heterocycles. The van der Waals surface area contributed by atoms with Crippen LogP contribution in [-0.2, 0) is 9.59 Å². The second kappa shape index (κ2) is 7.49. The minimum atomic E-state index is -0.477. The Labute approximate surface area is 167 Å². The molecule has 1 fully saturated rings. The van der Waals surface area contributed by atoms with E-state index in [9.17, 15) is 14.9 Å². The fourth-order valence-corrected chi connectivity index (χ4v) is 4.72. The van der Waals surface area contributed by atoms with Gasteiger partial charge in [-0.15, -0.1) is 0 Å². The van der Waals surface area contributed by atoms with Crippen molar-refractivity contribution in [3.05, 3.63) is 45.5 Å². The van der Waals surface area contributed by atoms with Gasteiger partial charge >= 0.3 is 0 Å². The highest BCUT2D eigenvalue weighted by atomic mass is 35.5. The number of aliphatic imine (C=N–C) groups is 1. The van der Waals surface area contributed by atoms with Crippen molar-refractivity contribution in [3.63, 3.8) is 0 Å². The third kappa shape index (κ3) is 4.10. The van der Waals surface area contributed by atoms with Crippen molar-refractivity contribution in [1.29, 1.82) is 5.26 Å². The lowest BCUT2D eigenvalue weighted by Gasteiger charge is -2.40. The SMILES string of the molecule is CC1(C)CC(=O)C2C(=NC(SCC(N)=O)=C(C#N)[C@@H]2c2ccc(Cl)cc2)C1. The Morgan fingerprint density at radius 1 is 1.33 bits per heavy atom. The molecule has 2 N–H and O–H groups in total. The molecule has 0 saturated heterocycles. The first kappa shape index (κ1) is 19.7. The third-order valence-corrected chi connectivity index (χ3v) is 6.10. The van der Waals surface area contributed by atoms with Gasteiger partial charge in [-0.25, -0.2) is 4.99 Å². The summed E-state index contributed by atoms with van der Waals surface area (Å²) in [4.78, 5) is 28.9. The summed E-state index contributed by atoms with van der Waals surface area (Å²) in [6.45, 7) is 4.08. The number of nitrogens with zero attached hydrogens (tertiary/aromatic N) is 2. The quantitative estimate of drug-likeness (QED) is 0.828. The first-order valence-corrected chi connectivity index (χ1v) is 9.99. The second-order valence-corrected chi connectivity index (χ2v) is 9.08. The van der Waals surface area contributed by atoms with Gasteiger partial charge in [-0.1, -0.05) is 49.3 Å². The van der Waals surface area contributed by atoms with Gasteiger partial charge in [-0.3, -0.25) is 9.59 Å². The molecular formula is C20H20ClN3O2S. The summed E-state index contributed by atoms with van der Waals surface area (Å²) in [5.74, 6) is -1.22. The maximum absolute atomic E-state index is 13.0. The minimum absolute atomic E-state index is 0.0344. The largest absolute Gasteiger partial charge is 0.369 e. The first-order chi connectivity index (χ1) is 12.7. The number of halogens is 1. The van der Waals surface area contributed by atoms with Gasteiger partial charge < -0.3 is 5.73 Å². The van der Waals surface area contributed by atoms with E-state index in [4.69, 9.17) is 17.3 Å². The zero-order chi connectivity index (χ0) is 19.8. The number of hydrogen-bond donors (Lipinski definition) is 1. The molecule has 1 heterocycles. The molecule has 5 nitrogen and oxygen atoms in total. The summed E-state index contributed by atoms with van der Waals surface area (Å²) in [5.41, 5.74) is 7.13. The van der Waals surface area contributed by atoms with E-state index in [-0.39, 0.29) is 17.0 Å². The zero-order valence-corrected chi connectivity index (χ0v) is 16.7. The normalized spacial score (nSPS) is 24.1. The fraction of sp³-hybridized carbons (Fsp3) is 0.400. The van der Waals surface area contributed by atoms with Crippen LogP contribution in [-0.4, -0.2) is 23.2 Å². The number of carbonyl (C=O) groups is 2. The second-order valence-electron chi connectivity index (χ2n) is 7.68. The van der Waals surface area contributed by atoms with E-state index < -0.39 is 17.7 Å². The van der Waals surface area contributed by atoms with Gasteiger partial charge in [0, 0.05) is 23.1 Å². The van der Waals surface area contributed by atoms with Crippen molar-refractivity contribution >= 4 is 40.8 Å². The highest BCUT2D eigenvalue weighted by Crippen LogP contribution is 2.48. The van der Waals surface area contributed by atoms with E-state index in [1.807, 2.05) is 26.0 Å². The number of primary amides is 1. The van der Waals surface area contributed by atoms with Crippen LogP contribution in [0.4, 0.5) is 0 Å². The van der Waals surface area contributed by atoms with Crippen LogP contribution in [0, 0.1) is 22.7 Å². The molecular weight excluding hydrogens is 382 g/mol. The lowest BCUT2D eigenvalue weighted by molar-refractivity contribution is -0.124. The van der Waals surface area contributed by atoms with Gasteiger partial charge in [0.05, 0.1) is 23.3 Å². The van der Waals surface area contributed by atoms with Gasteiger partial charge in [0.2, 0.25) is 5.91 Å². The van der Waals surface area contributed by atoms with E-state index in [1.54, 1.807) is 12.1 Å². The highest BCUT2D eigenvalue weighted by molar-refractivity contribution is 8.03. The molecule has 7 heteroatoms. The third-order valence-electron chi connectivity index (χ3n) is 4.84. The molecule has 140 valence electrons.